The Morgan fingerprint density at radius 3 is 2.42 bits per heavy atom. The van der Waals surface area contributed by atoms with Crippen LogP contribution in [-0.2, 0) is 19.4 Å². The van der Waals surface area contributed by atoms with Crippen LogP contribution in [0.15, 0.2) is 54.6 Å². The van der Waals surface area contributed by atoms with Crippen molar-refractivity contribution in [1.82, 2.24) is 4.90 Å². The summed E-state index contributed by atoms with van der Waals surface area (Å²) in [6, 6.07) is 20.3. The van der Waals surface area contributed by atoms with Crippen LogP contribution in [-0.4, -0.2) is 18.0 Å². The van der Waals surface area contributed by atoms with Gasteiger partial charge in [0.1, 0.15) is 0 Å². The molecule has 98 valence electrons. The maximum absolute atomic E-state index is 2.51. The molecule has 0 heterocycles. The lowest BCUT2D eigenvalue weighted by Gasteiger charge is -2.32. The van der Waals surface area contributed by atoms with Gasteiger partial charge in [-0.1, -0.05) is 54.6 Å². The molecule has 3 rings (SSSR count). The fourth-order valence-corrected chi connectivity index (χ4v) is 3.06. The summed E-state index contributed by atoms with van der Waals surface area (Å²) in [4.78, 5) is 2.51. The molecule has 1 aliphatic carbocycles. The molecule has 0 saturated heterocycles. The number of aryl methyl sites for hydroxylation is 1. The average molecular weight is 251 g/mol. The molecule has 1 aliphatic rings. The highest BCUT2D eigenvalue weighted by molar-refractivity contribution is 5.30. The van der Waals surface area contributed by atoms with Gasteiger partial charge >= 0.3 is 0 Å². The lowest BCUT2D eigenvalue weighted by Crippen LogP contribution is -2.35. The average Bonchev–Trinajstić information content (AvgIpc) is 2.48. The Labute approximate surface area is 115 Å². The molecule has 1 heteroatoms. The Kier molecular flexibility index (Phi) is 3.65. The number of hydrogen-bond acceptors (Lipinski definition) is 1. The van der Waals surface area contributed by atoms with Gasteiger partial charge in [-0.15, -0.1) is 0 Å². The molecule has 0 bridgehead atoms. The predicted octanol–water partition coefficient (Wildman–Crippen LogP) is 3.68. The second kappa shape index (κ2) is 5.58. The lowest BCUT2D eigenvalue weighted by molar-refractivity contribution is 0.214. The van der Waals surface area contributed by atoms with Crippen LogP contribution < -0.4 is 0 Å². The number of hydrogen-bond donors (Lipinski definition) is 0. The van der Waals surface area contributed by atoms with Crippen LogP contribution in [0.3, 0.4) is 0 Å². The number of likely N-dealkylation sites (N-methyl/N-ethyl adjacent to an activating group) is 1. The third kappa shape index (κ3) is 2.87. The normalized spacial score (nSPS) is 18.3. The molecule has 0 radical (unpaired) electrons. The molecule has 1 atom stereocenters. The van der Waals surface area contributed by atoms with Gasteiger partial charge in [-0.05, 0) is 43.0 Å². The highest BCUT2D eigenvalue weighted by Crippen LogP contribution is 2.24. The fourth-order valence-electron chi connectivity index (χ4n) is 3.06. The van der Waals surface area contributed by atoms with Gasteiger partial charge in [0.2, 0.25) is 0 Å². The van der Waals surface area contributed by atoms with Crippen molar-refractivity contribution in [3.63, 3.8) is 0 Å². The first kappa shape index (κ1) is 12.4. The Balaban J connectivity index is 1.68. The molecule has 0 saturated carbocycles. The van der Waals surface area contributed by atoms with E-state index in [0.717, 1.165) is 6.54 Å². The van der Waals surface area contributed by atoms with Gasteiger partial charge in [0.25, 0.3) is 0 Å². The van der Waals surface area contributed by atoms with E-state index in [-0.39, 0.29) is 0 Å². The number of fused-ring (bicyclic) bond motifs is 1. The Bertz CT molecular complexity index is 532. The second-order valence-corrected chi connectivity index (χ2v) is 5.57. The van der Waals surface area contributed by atoms with E-state index in [4.69, 9.17) is 0 Å². The monoisotopic (exact) mass is 251 g/mol. The van der Waals surface area contributed by atoms with Gasteiger partial charge in [0.05, 0.1) is 0 Å². The molecule has 0 amide bonds. The lowest BCUT2D eigenvalue weighted by atomic mass is 9.87. The molecule has 0 aromatic heterocycles. The van der Waals surface area contributed by atoms with Gasteiger partial charge in [-0.2, -0.15) is 0 Å². The number of rotatable bonds is 3. The summed E-state index contributed by atoms with van der Waals surface area (Å²) >= 11 is 0. The molecule has 1 nitrogen and oxygen atoms in total. The van der Waals surface area contributed by atoms with Crippen molar-refractivity contribution in [3.05, 3.63) is 71.3 Å². The molecule has 0 unspecified atom stereocenters. The maximum atomic E-state index is 2.51. The van der Waals surface area contributed by atoms with E-state index < -0.39 is 0 Å². The summed E-state index contributed by atoms with van der Waals surface area (Å²) in [5.74, 6) is 0. The van der Waals surface area contributed by atoms with E-state index in [1.54, 1.807) is 11.1 Å². The van der Waals surface area contributed by atoms with Crippen molar-refractivity contribution >= 4 is 0 Å². The Morgan fingerprint density at radius 2 is 1.63 bits per heavy atom. The van der Waals surface area contributed by atoms with Gasteiger partial charge in [0, 0.05) is 12.6 Å². The summed E-state index contributed by atoms with van der Waals surface area (Å²) in [5, 5.41) is 0. The number of benzene rings is 2. The van der Waals surface area contributed by atoms with Gasteiger partial charge in [0.15, 0.2) is 0 Å². The van der Waals surface area contributed by atoms with Crippen LogP contribution in [0.4, 0.5) is 0 Å². The molecule has 0 spiro atoms. The van der Waals surface area contributed by atoms with Crippen molar-refractivity contribution in [1.29, 1.82) is 0 Å². The molecular weight excluding hydrogens is 230 g/mol. The number of nitrogens with zero attached hydrogens (tertiary/aromatic N) is 1. The summed E-state index contributed by atoms with van der Waals surface area (Å²) < 4.78 is 0. The van der Waals surface area contributed by atoms with Crippen molar-refractivity contribution in [2.45, 2.75) is 31.8 Å². The molecule has 2 aromatic carbocycles. The van der Waals surface area contributed by atoms with E-state index in [9.17, 15) is 0 Å². The zero-order valence-corrected chi connectivity index (χ0v) is 11.5. The SMILES string of the molecule is CN(Cc1ccccc1)[C@H]1CCc2ccccc2C1. The van der Waals surface area contributed by atoms with E-state index in [2.05, 4.69) is 66.5 Å². The minimum atomic E-state index is 0.676. The topological polar surface area (TPSA) is 3.24 Å². The van der Waals surface area contributed by atoms with Crippen molar-refractivity contribution in [2.24, 2.45) is 0 Å². The quantitative estimate of drug-likeness (QED) is 0.804. The summed E-state index contributed by atoms with van der Waals surface area (Å²) in [6.45, 7) is 1.05. The zero-order valence-electron chi connectivity index (χ0n) is 11.5. The zero-order chi connectivity index (χ0) is 13.1. The summed E-state index contributed by atoms with van der Waals surface area (Å²) in [5.41, 5.74) is 4.49. The smallest absolute Gasteiger partial charge is 0.0233 e. The van der Waals surface area contributed by atoms with Crippen LogP contribution in [0.1, 0.15) is 23.1 Å². The minimum Gasteiger partial charge on any atom is -0.299 e. The van der Waals surface area contributed by atoms with Crippen LogP contribution in [0.25, 0.3) is 0 Å². The van der Waals surface area contributed by atoms with Crippen LogP contribution in [0.5, 0.6) is 0 Å². The standard InChI is InChI=1S/C18H21N/c1-19(14-15-7-3-2-4-8-15)18-12-11-16-9-5-6-10-17(16)13-18/h2-10,18H,11-14H2,1H3/t18-/m0/s1. The minimum absolute atomic E-state index is 0.676. The first-order chi connectivity index (χ1) is 9.33. The van der Waals surface area contributed by atoms with Crippen LogP contribution in [0.2, 0.25) is 0 Å². The van der Waals surface area contributed by atoms with E-state index in [1.807, 2.05) is 0 Å². The molecule has 0 fully saturated rings. The van der Waals surface area contributed by atoms with Crippen LogP contribution in [0, 0.1) is 0 Å². The summed E-state index contributed by atoms with van der Waals surface area (Å²) in [7, 11) is 2.26. The van der Waals surface area contributed by atoms with Gasteiger partial charge in [-0.3, -0.25) is 4.90 Å². The molecule has 2 aromatic rings. The molecular formula is C18H21N. The molecule has 0 aliphatic heterocycles. The Morgan fingerprint density at radius 1 is 0.947 bits per heavy atom. The van der Waals surface area contributed by atoms with Gasteiger partial charge < -0.3 is 0 Å². The van der Waals surface area contributed by atoms with E-state index in [1.165, 1.54) is 24.8 Å². The summed E-state index contributed by atoms with van der Waals surface area (Å²) in [6.07, 6.45) is 3.69. The third-order valence-electron chi connectivity index (χ3n) is 4.22. The fraction of sp³-hybridized carbons (Fsp3) is 0.333. The predicted molar refractivity (Wildman–Crippen MR) is 80.2 cm³/mol. The van der Waals surface area contributed by atoms with E-state index >= 15 is 0 Å². The second-order valence-electron chi connectivity index (χ2n) is 5.57. The van der Waals surface area contributed by atoms with Crippen molar-refractivity contribution < 1.29 is 0 Å². The maximum Gasteiger partial charge on any atom is 0.0233 e. The largest absolute Gasteiger partial charge is 0.299 e. The van der Waals surface area contributed by atoms with E-state index in [0.29, 0.717) is 6.04 Å². The highest BCUT2D eigenvalue weighted by Gasteiger charge is 2.21. The highest BCUT2D eigenvalue weighted by atomic mass is 15.1. The third-order valence-corrected chi connectivity index (χ3v) is 4.22. The van der Waals surface area contributed by atoms with Crippen molar-refractivity contribution in [2.75, 3.05) is 7.05 Å². The first-order valence-corrected chi connectivity index (χ1v) is 7.14. The first-order valence-electron chi connectivity index (χ1n) is 7.14. The van der Waals surface area contributed by atoms with Gasteiger partial charge in [-0.25, -0.2) is 0 Å². The molecule has 0 N–H and O–H groups in total. The molecule has 19 heavy (non-hydrogen) atoms. The van der Waals surface area contributed by atoms with Crippen LogP contribution >= 0.6 is 0 Å². The Hall–Kier alpha value is -1.60. The van der Waals surface area contributed by atoms with Crippen molar-refractivity contribution in [3.8, 4) is 0 Å².